The molecule has 0 aliphatic rings. The van der Waals surface area contributed by atoms with E-state index in [1.54, 1.807) is 24.3 Å². The van der Waals surface area contributed by atoms with Crippen molar-refractivity contribution in [3.05, 3.63) is 88.4 Å². The molecule has 1 aromatic heterocycles. The number of carbonyl (C=O) groups excluding carboxylic acids is 1. The fourth-order valence-electron chi connectivity index (χ4n) is 3.68. The Morgan fingerprint density at radius 1 is 0.971 bits per heavy atom. The molecule has 0 radical (unpaired) electrons. The number of hydrogen-bond donors (Lipinski definition) is 0. The van der Waals surface area contributed by atoms with Gasteiger partial charge in [-0.25, -0.2) is 17.8 Å². The molecule has 0 spiro atoms. The number of sulfone groups is 1. The van der Waals surface area contributed by atoms with Gasteiger partial charge in [0.1, 0.15) is 27.1 Å². The van der Waals surface area contributed by atoms with Crippen LogP contribution in [0.5, 0.6) is 0 Å². The fourth-order valence-corrected chi connectivity index (χ4v) is 4.27. The third-order valence-corrected chi connectivity index (χ3v) is 6.44. The summed E-state index contributed by atoms with van der Waals surface area (Å²) in [4.78, 5) is 16.4. The minimum absolute atomic E-state index is 0.0432. The van der Waals surface area contributed by atoms with Gasteiger partial charge in [-0.1, -0.05) is 42.0 Å². The van der Waals surface area contributed by atoms with Gasteiger partial charge in [0.05, 0.1) is 11.4 Å². The Kier molecular flexibility index (Phi) is 8.10. The zero-order valence-electron chi connectivity index (χ0n) is 19.3. The van der Waals surface area contributed by atoms with Crippen molar-refractivity contribution < 1.29 is 30.8 Å². The van der Waals surface area contributed by atoms with Gasteiger partial charge in [-0.3, -0.25) is 4.79 Å². The highest BCUT2D eigenvalue weighted by molar-refractivity contribution is 7.90. The van der Waals surface area contributed by atoms with Gasteiger partial charge in [-0.15, -0.1) is 0 Å². The Morgan fingerprint density at radius 2 is 1.69 bits per heavy atom. The molecule has 0 fully saturated rings. The summed E-state index contributed by atoms with van der Waals surface area (Å²) in [6, 6.07) is 13.5. The SMILES string of the molecule is Cc1cccc(-c2nc(C(F)(F)F)ccc2CCC(=O)Cc2ccc(CCS(C)(=O)=O)c(F)c2)c1. The van der Waals surface area contributed by atoms with E-state index in [9.17, 15) is 30.8 Å². The summed E-state index contributed by atoms with van der Waals surface area (Å²) < 4.78 is 76.6. The summed E-state index contributed by atoms with van der Waals surface area (Å²) in [6.07, 6.45) is -3.29. The molecule has 1 heterocycles. The van der Waals surface area contributed by atoms with Crippen molar-refractivity contribution >= 4 is 15.6 Å². The molecule has 3 aromatic rings. The van der Waals surface area contributed by atoms with Gasteiger partial charge in [0.2, 0.25) is 0 Å². The van der Waals surface area contributed by atoms with E-state index in [2.05, 4.69) is 4.98 Å². The molecule has 0 atom stereocenters. The largest absolute Gasteiger partial charge is 0.433 e. The molecule has 0 saturated carbocycles. The second-order valence-corrected chi connectivity index (χ2v) is 10.9. The Labute approximate surface area is 201 Å². The van der Waals surface area contributed by atoms with Crippen molar-refractivity contribution in [2.75, 3.05) is 12.0 Å². The van der Waals surface area contributed by atoms with Gasteiger partial charge in [0.25, 0.3) is 0 Å². The van der Waals surface area contributed by atoms with Gasteiger partial charge in [0, 0.05) is 24.7 Å². The van der Waals surface area contributed by atoms with Gasteiger partial charge in [0.15, 0.2) is 0 Å². The molecule has 9 heteroatoms. The smallest absolute Gasteiger partial charge is 0.299 e. The van der Waals surface area contributed by atoms with Gasteiger partial charge < -0.3 is 0 Å². The Morgan fingerprint density at radius 3 is 2.31 bits per heavy atom. The van der Waals surface area contributed by atoms with E-state index in [0.717, 1.165) is 17.9 Å². The average Bonchev–Trinajstić information content (AvgIpc) is 2.76. The number of ketones is 1. The zero-order valence-corrected chi connectivity index (χ0v) is 20.1. The molecule has 0 bridgehead atoms. The monoisotopic (exact) mass is 507 g/mol. The molecule has 186 valence electrons. The molecule has 4 nitrogen and oxygen atoms in total. The zero-order chi connectivity index (χ0) is 25.8. The van der Waals surface area contributed by atoms with E-state index in [0.29, 0.717) is 16.7 Å². The first-order valence-electron chi connectivity index (χ1n) is 10.9. The maximum atomic E-state index is 14.3. The number of nitrogens with zero attached hydrogens (tertiary/aromatic N) is 1. The Balaban J connectivity index is 1.73. The van der Waals surface area contributed by atoms with Crippen LogP contribution in [0.3, 0.4) is 0 Å². The maximum absolute atomic E-state index is 14.3. The summed E-state index contributed by atoms with van der Waals surface area (Å²) >= 11 is 0. The van der Waals surface area contributed by atoms with Crippen molar-refractivity contribution in [1.82, 2.24) is 4.98 Å². The fraction of sp³-hybridized carbons (Fsp3) is 0.308. The van der Waals surface area contributed by atoms with E-state index in [-0.39, 0.29) is 48.5 Å². The summed E-state index contributed by atoms with van der Waals surface area (Å²) in [5.41, 5.74) is 1.79. The van der Waals surface area contributed by atoms with Crippen LogP contribution >= 0.6 is 0 Å². The summed E-state index contributed by atoms with van der Waals surface area (Å²) in [5.74, 6) is -0.955. The quantitative estimate of drug-likeness (QED) is 0.357. The second kappa shape index (κ2) is 10.7. The first-order valence-corrected chi connectivity index (χ1v) is 13.0. The highest BCUT2D eigenvalue weighted by atomic mass is 32.2. The van der Waals surface area contributed by atoms with E-state index < -0.39 is 27.5 Å². The number of carbonyl (C=O) groups is 1. The molecular formula is C26H25F4NO3S. The van der Waals surface area contributed by atoms with Crippen LogP contribution < -0.4 is 0 Å². The molecule has 3 rings (SSSR count). The molecule has 2 aromatic carbocycles. The van der Waals surface area contributed by atoms with Crippen LogP contribution in [0.25, 0.3) is 11.3 Å². The van der Waals surface area contributed by atoms with Crippen LogP contribution in [0, 0.1) is 12.7 Å². The molecule has 0 aliphatic heterocycles. The summed E-state index contributed by atoms with van der Waals surface area (Å²) in [6.45, 7) is 1.83. The number of alkyl halides is 3. The molecular weight excluding hydrogens is 482 g/mol. The predicted molar refractivity (Wildman–Crippen MR) is 126 cm³/mol. The van der Waals surface area contributed by atoms with Crippen molar-refractivity contribution in [3.8, 4) is 11.3 Å². The number of rotatable bonds is 9. The van der Waals surface area contributed by atoms with Gasteiger partial charge in [-0.2, -0.15) is 13.2 Å². The van der Waals surface area contributed by atoms with Crippen molar-refractivity contribution in [1.29, 1.82) is 0 Å². The normalized spacial score (nSPS) is 12.1. The number of halogens is 4. The highest BCUT2D eigenvalue weighted by Gasteiger charge is 2.33. The molecule has 0 unspecified atom stereocenters. The molecule has 35 heavy (non-hydrogen) atoms. The maximum Gasteiger partial charge on any atom is 0.433 e. The number of Topliss-reactive ketones (excluding diaryl/α,β-unsaturated/α-hetero) is 1. The lowest BCUT2D eigenvalue weighted by atomic mass is 9.97. The Bertz CT molecular complexity index is 1330. The van der Waals surface area contributed by atoms with E-state index >= 15 is 0 Å². The van der Waals surface area contributed by atoms with Crippen LogP contribution in [0.2, 0.25) is 0 Å². The Hall–Kier alpha value is -3.07. The standard InChI is InChI=1S/C26H25F4NO3S/c1-17-4-3-5-21(14-17)25-20(9-11-24(31-25)26(28,29)30)8-10-22(32)15-18-6-7-19(23(27)16-18)12-13-35(2,33)34/h3-7,9,11,14,16H,8,10,12-13,15H2,1-2H3. The number of aromatic nitrogens is 1. The number of hydrogen-bond acceptors (Lipinski definition) is 4. The number of pyridine rings is 1. The van der Waals surface area contributed by atoms with Gasteiger partial charge in [-0.05, 0) is 54.7 Å². The lowest BCUT2D eigenvalue weighted by molar-refractivity contribution is -0.141. The van der Waals surface area contributed by atoms with E-state index in [1.807, 2.05) is 13.0 Å². The van der Waals surface area contributed by atoms with Crippen LogP contribution in [0.4, 0.5) is 17.6 Å². The first-order chi connectivity index (χ1) is 16.3. The lowest BCUT2D eigenvalue weighted by Crippen LogP contribution is -2.11. The average molecular weight is 508 g/mol. The minimum Gasteiger partial charge on any atom is -0.299 e. The second-order valence-electron chi connectivity index (χ2n) is 8.59. The van der Waals surface area contributed by atoms with Gasteiger partial charge >= 0.3 is 6.18 Å². The van der Waals surface area contributed by atoms with Crippen LogP contribution in [0.1, 0.15) is 34.4 Å². The molecule has 0 saturated heterocycles. The minimum atomic E-state index is -4.59. The van der Waals surface area contributed by atoms with Crippen molar-refractivity contribution in [2.45, 2.75) is 38.8 Å². The van der Waals surface area contributed by atoms with Crippen LogP contribution in [-0.4, -0.2) is 31.2 Å². The summed E-state index contributed by atoms with van der Waals surface area (Å²) in [5, 5.41) is 0. The lowest BCUT2D eigenvalue weighted by Gasteiger charge is -2.13. The molecule has 0 aliphatic carbocycles. The van der Waals surface area contributed by atoms with Crippen LogP contribution in [0.15, 0.2) is 54.6 Å². The summed E-state index contributed by atoms with van der Waals surface area (Å²) in [7, 11) is -3.23. The third-order valence-electron chi connectivity index (χ3n) is 5.49. The predicted octanol–water partition coefficient (Wildman–Crippen LogP) is 5.55. The number of benzene rings is 2. The number of aryl methyl sites for hydroxylation is 3. The molecule has 0 amide bonds. The first kappa shape index (κ1) is 26.5. The van der Waals surface area contributed by atoms with Crippen LogP contribution in [-0.2, 0) is 40.1 Å². The van der Waals surface area contributed by atoms with Crippen molar-refractivity contribution in [2.24, 2.45) is 0 Å². The van der Waals surface area contributed by atoms with E-state index in [1.165, 1.54) is 18.2 Å². The molecule has 0 N–H and O–H groups in total. The third kappa shape index (κ3) is 7.71. The van der Waals surface area contributed by atoms with Crippen molar-refractivity contribution in [3.63, 3.8) is 0 Å². The van der Waals surface area contributed by atoms with E-state index in [4.69, 9.17) is 0 Å². The highest BCUT2D eigenvalue weighted by Crippen LogP contribution is 2.32. The topological polar surface area (TPSA) is 64.1 Å².